The summed E-state index contributed by atoms with van der Waals surface area (Å²) in [6.45, 7) is 1.76. The summed E-state index contributed by atoms with van der Waals surface area (Å²) >= 11 is 0. The molecule has 2 amide bonds. The number of benzene rings is 1. The average molecular weight is 336 g/mol. The third-order valence-electron chi connectivity index (χ3n) is 4.24. The standard InChI is InChI=1S/C17H16N6O2/c1-10-15(17(25)21-20-16(24)11-5-6-11)19-22-23(10)14-4-2-3-12-9-18-8-7-13(12)14/h2-4,7-9,11H,5-6H2,1H3,(H,20,24)(H,21,25). The van der Waals surface area contributed by atoms with Crippen molar-refractivity contribution in [3.8, 4) is 5.69 Å². The number of rotatable bonds is 3. The Hall–Kier alpha value is -3.29. The number of nitrogens with zero attached hydrogens (tertiary/aromatic N) is 4. The molecule has 0 spiro atoms. The lowest BCUT2D eigenvalue weighted by Crippen LogP contribution is -2.42. The van der Waals surface area contributed by atoms with Crippen molar-refractivity contribution < 1.29 is 9.59 Å². The van der Waals surface area contributed by atoms with Gasteiger partial charge < -0.3 is 0 Å². The molecular formula is C17H16N6O2. The molecule has 1 fully saturated rings. The molecule has 8 heteroatoms. The van der Waals surface area contributed by atoms with Crippen LogP contribution >= 0.6 is 0 Å². The SMILES string of the molecule is Cc1c(C(=O)NNC(=O)C2CC2)nnn1-c1cccc2cnccc12. The summed E-state index contributed by atoms with van der Waals surface area (Å²) in [7, 11) is 0. The maximum Gasteiger partial charge on any atom is 0.292 e. The van der Waals surface area contributed by atoms with Crippen molar-refractivity contribution in [2.45, 2.75) is 19.8 Å². The number of hydrazine groups is 1. The summed E-state index contributed by atoms with van der Waals surface area (Å²) in [6, 6.07) is 7.65. The molecule has 0 radical (unpaired) electrons. The first-order valence-electron chi connectivity index (χ1n) is 8.01. The molecule has 1 aliphatic carbocycles. The van der Waals surface area contributed by atoms with Gasteiger partial charge in [-0.05, 0) is 31.9 Å². The Balaban J connectivity index is 1.62. The molecule has 1 aliphatic rings. The van der Waals surface area contributed by atoms with E-state index in [1.54, 1.807) is 24.0 Å². The van der Waals surface area contributed by atoms with Crippen LogP contribution in [0, 0.1) is 12.8 Å². The largest absolute Gasteiger partial charge is 0.292 e. The molecule has 0 aliphatic heterocycles. The molecular weight excluding hydrogens is 320 g/mol. The van der Waals surface area contributed by atoms with Gasteiger partial charge in [0, 0.05) is 29.1 Å². The van der Waals surface area contributed by atoms with Crippen LogP contribution in [-0.2, 0) is 4.79 Å². The first-order chi connectivity index (χ1) is 12.1. The average Bonchev–Trinajstić information content (AvgIpc) is 3.42. The zero-order valence-electron chi connectivity index (χ0n) is 13.6. The van der Waals surface area contributed by atoms with Gasteiger partial charge in [-0.2, -0.15) is 0 Å². The highest BCUT2D eigenvalue weighted by Crippen LogP contribution is 2.28. The van der Waals surface area contributed by atoms with Gasteiger partial charge in [-0.1, -0.05) is 17.3 Å². The van der Waals surface area contributed by atoms with Gasteiger partial charge in [-0.3, -0.25) is 25.4 Å². The highest BCUT2D eigenvalue weighted by molar-refractivity contribution is 5.95. The molecule has 2 aromatic heterocycles. The molecule has 2 heterocycles. The van der Waals surface area contributed by atoms with Gasteiger partial charge in [0.15, 0.2) is 5.69 Å². The second-order valence-corrected chi connectivity index (χ2v) is 6.03. The third-order valence-corrected chi connectivity index (χ3v) is 4.24. The number of hydrogen-bond acceptors (Lipinski definition) is 5. The number of amides is 2. The molecule has 4 rings (SSSR count). The molecule has 3 aromatic rings. The normalized spacial score (nSPS) is 13.6. The molecule has 0 bridgehead atoms. The fourth-order valence-electron chi connectivity index (χ4n) is 2.68. The first kappa shape index (κ1) is 15.3. The first-order valence-corrected chi connectivity index (χ1v) is 8.01. The van der Waals surface area contributed by atoms with Gasteiger partial charge >= 0.3 is 0 Å². The zero-order chi connectivity index (χ0) is 17.4. The van der Waals surface area contributed by atoms with Crippen LogP contribution in [0.5, 0.6) is 0 Å². The molecule has 126 valence electrons. The predicted octanol–water partition coefficient (Wildman–Crippen LogP) is 1.29. The molecule has 25 heavy (non-hydrogen) atoms. The van der Waals surface area contributed by atoms with Gasteiger partial charge in [-0.25, -0.2) is 4.68 Å². The Labute approximate surface area is 143 Å². The number of aromatic nitrogens is 4. The van der Waals surface area contributed by atoms with E-state index < -0.39 is 5.91 Å². The topological polar surface area (TPSA) is 102 Å². The lowest BCUT2D eigenvalue weighted by atomic mass is 10.1. The predicted molar refractivity (Wildman–Crippen MR) is 89.7 cm³/mol. The monoisotopic (exact) mass is 336 g/mol. The molecule has 0 atom stereocenters. The van der Waals surface area contributed by atoms with E-state index >= 15 is 0 Å². The van der Waals surface area contributed by atoms with Crippen LogP contribution in [0.15, 0.2) is 36.7 Å². The summed E-state index contributed by atoms with van der Waals surface area (Å²) in [5.41, 5.74) is 6.39. The minimum atomic E-state index is -0.486. The van der Waals surface area contributed by atoms with Gasteiger partial charge in [0.05, 0.1) is 11.4 Å². The summed E-state index contributed by atoms with van der Waals surface area (Å²) in [4.78, 5) is 28.0. The summed E-state index contributed by atoms with van der Waals surface area (Å²) in [5, 5.41) is 10.0. The van der Waals surface area contributed by atoms with E-state index in [9.17, 15) is 9.59 Å². The maximum absolute atomic E-state index is 12.3. The zero-order valence-corrected chi connectivity index (χ0v) is 13.6. The van der Waals surface area contributed by atoms with Crippen molar-refractivity contribution >= 4 is 22.6 Å². The Morgan fingerprint density at radius 2 is 2.04 bits per heavy atom. The van der Waals surface area contributed by atoms with Gasteiger partial charge in [-0.15, -0.1) is 5.10 Å². The van der Waals surface area contributed by atoms with Crippen molar-refractivity contribution in [1.82, 2.24) is 30.8 Å². The Kier molecular flexibility index (Phi) is 3.64. The fourth-order valence-corrected chi connectivity index (χ4v) is 2.68. The van der Waals surface area contributed by atoms with E-state index in [-0.39, 0.29) is 17.5 Å². The van der Waals surface area contributed by atoms with Crippen LogP contribution in [0.25, 0.3) is 16.5 Å². The molecule has 1 saturated carbocycles. The second-order valence-electron chi connectivity index (χ2n) is 6.03. The van der Waals surface area contributed by atoms with Crippen molar-refractivity contribution in [2.24, 2.45) is 5.92 Å². The van der Waals surface area contributed by atoms with Crippen LogP contribution in [0.3, 0.4) is 0 Å². The highest BCUT2D eigenvalue weighted by atomic mass is 16.2. The third kappa shape index (κ3) is 2.82. The number of carbonyl (C=O) groups excluding carboxylic acids is 2. The van der Waals surface area contributed by atoms with E-state index in [0.717, 1.165) is 29.3 Å². The molecule has 2 N–H and O–H groups in total. The summed E-state index contributed by atoms with van der Waals surface area (Å²) in [5.74, 6) is -0.638. The molecule has 8 nitrogen and oxygen atoms in total. The van der Waals surface area contributed by atoms with Crippen molar-refractivity contribution in [2.75, 3.05) is 0 Å². The van der Waals surface area contributed by atoms with E-state index in [1.165, 1.54) is 0 Å². The van der Waals surface area contributed by atoms with Crippen LogP contribution in [0.4, 0.5) is 0 Å². The maximum atomic E-state index is 12.3. The van der Waals surface area contributed by atoms with E-state index in [0.29, 0.717) is 5.69 Å². The minimum Gasteiger partial charge on any atom is -0.273 e. The fraction of sp³-hybridized carbons (Fsp3) is 0.235. The molecule has 0 unspecified atom stereocenters. The summed E-state index contributed by atoms with van der Waals surface area (Å²) < 4.78 is 1.61. The molecule has 0 saturated heterocycles. The van der Waals surface area contributed by atoms with Crippen LogP contribution in [0.2, 0.25) is 0 Å². The Morgan fingerprint density at radius 1 is 1.20 bits per heavy atom. The summed E-state index contributed by atoms with van der Waals surface area (Å²) in [6.07, 6.45) is 5.21. The lowest BCUT2D eigenvalue weighted by Gasteiger charge is -2.08. The van der Waals surface area contributed by atoms with Crippen molar-refractivity contribution in [1.29, 1.82) is 0 Å². The Morgan fingerprint density at radius 3 is 2.84 bits per heavy atom. The minimum absolute atomic E-state index is 0.0152. The number of pyridine rings is 1. The van der Waals surface area contributed by atoms with E-state index in [1.807, 2.05) is 24.3 Å². The Bertz CT molecular complexity index is 971. The number of nitrogens with one attached hydrogen (secondary N) is 2. The van der Waals surface area contributed by atoms with E-state index in [2.05, 4.69) is 26.1 Å². The van der Waals surface area contributed by atoms with Crippen LogP contribution in [-0.4, -0.2) is 31.8 Å². The van der Waals surface area contributed by atoms with Gasteiger partial charge in [0.1, 0.15) is 0 Å². The van der Waals surface area contributed by atoms with Gasteiger partial charge in [0.2, 0.25) is 5.91 Å². The quantitative estimate of drug-likeness (QED) is 0.702. The van der Waals surface area contributed by atoms with E-state index in [4.69, 9.17) is 0 Å². The highest BCUT2D eigenvalue weighted by Gasteiger charge is 2.30. The lowest BCUT2D eigenvalue weighted by molar-refractivity contribution is -0.123. The second kappa shape index (κ2) is 5.97. The number of hydrogen-bond donors (Lipinski definition) is 2. The van der Waals surface area contributed by atoms with Gasteiger partial charge in [0.25, 0.3) is 5.91 Å². The smallest absolute Gasteiger partial charge is 0.273 e. The van der Waals surface area contributed by atoms with Crippen molar-refractivity contribution in [3.63, 3.8) is 0 Å². The number of carbonyl (C=O) groups is 2. The van der Waals surface area contributed by atoms with Crippen LogP contribution in [0.1, 0.15) is 29.0 Å². The number of fused-ring (bicyclic) bond motifs is 1. The molecule has 1 aromatic carbocycles. The van der Waals surface area contributed by atoms with Crippen LogP contribution < -0.4 is 10.9 Å². The van der Waals surface area contributed by atoms with Crippen molar-refractivity contribution in [3.05, 3.63) is 48.0 Å².